The molecule has 4 saturated carbocycles. The minimum Gasteiger partial charge on any atom is -0.0710 e. The predicted octanol–water partition coefficient (Wildman–Crippen LogP) is 8.26. The van der Waals surface area contributed by atoms with Gasteiger partial charge in [0.2, 0.25) is 0 Å². The van der Waals surface area contributed by atoms with Gasteiger partial charge in [-0.3, -0.25) is 0 Å². The SMILES string of the molecule is CC1CC2CC3CCCC3CC2C1[Si](C)(C)[Si](C)(C)C1C(C)C(C)C(C)C1C. The van der Waals surface area contributed by atoms with Gasteiger partial charge in [0, 0.05) is 15.2 Å². The maximum Gasteiger partial charge on any atom is 0.0451 e. The van der Waals surface area contributed by atoms with Crippen LogP contribution in [0.5, 0.6) is 0 Å². The Morgan fingerprint density at radius 1 is 0.536 bits per heavy atom. The fourth-order valence-corrected chi connectivity index (χ4v) is 26.3. The first-order valence-corrected chi connectivity index (χ1v) is 20.1. The van der Waals surface area contributed by atoms with E-state index >= 15 is 0 Å². The van der Waals surface area contributed by atoms with Crippen LogP contribution in [-0.2, 0) is 0 Å². The van der Waals surface area contributed by atoms with Crippen LogP contribution in [-0.4, -0.2) is 15.2 Å². The van der Waals surface area contributed by atoms with Crippen molar-refractivity contribution in [3.63, 3.8) is 0 Å². The highest BCUT2D eigenvalue weighted by atomic mass is 29.3. The van der Waals surface area contributed by atoms with E-state index in [9.17, 15) is 0 Å². The molecule has 0 aromatic rings. The first-order chi connectivity index (χ1) is 13.0. The molecule has 0 nitrogen and oxygen atoms in total. The molecule has 0 heterocycles. The zero-order valence-electron chi connectivity index (χ0n) is 20.6. The molecule has 0 saturated heterocycles. The van der Waals surface area contributed by atoms with Crippen molar-refractivity contribution in [3.05, 3.63) is 0 Å². The summed E-state index contributed by atoms with van der Waals surface area (Å²) in [7, 11) is -2.57. The molecular formula is C26H50Si2. The lowest BCUT2D eigenvalue weighted by molar-refractivity contribution is 0.156. The van der Waals surface area contributed by atoms with Gasteiger partial charge in [0.15, 0.2) is 0 Å². The molecular weight excluding hydrogens is 368 g/mol. The second-order valence-electron chi connectivity index (χ2n) is 13.5. The van der Waals surface area contributed by atoms with E-state index in [0.29, 0.717) is 0 Å². The Labute approximate surface area is 178 Å². The van der Waals surface area contributed by atoms with Crippen LogP contribution in [0.15, 0.2) is 0 Å². The monoisotopic (exact) mass is 418 g/mol. The first-order valence-electron chi connectivity index (χ1n) is 13.0. The summed E-state index contributed by atoms with van der Waals surface area (Å²) in [6.45, 7) is 24.7. The molecule has 4 fully saturated rings. The molecule has 10 unspecified atom stereocenters. The summed E-state index contributed by atoms with van der Waals surface area (Å²) in [4.78, 5) is 0. The van der Waals surface area contributed by atoms with Crippen molar-refractivity contribution >= 4 is 15.2 Å². The molecule has 162 valence electrons. The third-order valence-electron chi connectivity index (χ3n) is 12.3. The lowest BCUT2D eigenvalue weighted by atomic mass is 9.71. The Kier molecular flexibility index (Phi) is 5.60. The normalized spacial score (nSPS) is 52.0. The largest absolute Gasteiger partial charge is 0.0710 e. The molecule has 0 amide bonds. The highest BCUT2D eigenvalue weighted by Gasteiger charge is 2.62. The van der Waals surface area contributed by atoms with Crippen LogP contribution in [0.3, 0.4) is 0 Å². The zero-order chi connectivity index (χ0) is 20.6. The number of fused-ring (bicyclic) bond motifs is 2. The Bertz CT molecular complexity index is 567. The zero-order valence-corrected chi connectivity index (χ0v) is 22.6. The summed E-state index contributed by atoms with van der Waals surface area (Å²) in [5.74, 6) is 9.25. The smallest absolute Gasteiger partial charge is 0.0451 e. The quantitative estimate of drug-likeness (QED) is 0.404. The van der Waals surface area contributed by atoms with Crippen LogP contribution in [0, 0.1) is 53.3 Å². The third kappa shape index (κ3) is 3.01. The second kappa shape index (κ2) is 7.25. The summed E-state index contributed by atoms with van der Waals surface area (Å²) in [5, 5.41) is 0. The third-order valence-corrected chi connectivity index (χ3v) is 33.0. The molecule has 0 spiro atoms. The maximum atomic E-state index is 2.90. The van der Waals surface area contributed by atoms with Gasteiger partial charge in [-0.15, -0.1) is 0 Å². The standard InChI is InChI=1S/C26H50Si2/c1-16-13-23-14-21-11-10-12-22(21)15-24(23)25(16)27(6,7)28(8,9)26-19(4)17(2)18(3)20(26)5/h16-26H,10-15H2,1-9H3. The fourth-order valence-electron chi connectivity index (χ4n) is 10.1. The van der Waals surface area contributed by atoms with Gasteiger partial charge in [-0.1, -0.05) is 80.1 Å². The lowest BCUT2D eigenvalue weighted by Crippen LogP contribution is -2.63. The highest BCUT2D eigenvalue weighted by Crippen LogP contribution is 2.64. The van der Waals surface area contributed by atoms with Crippen molar-refractivity contribution in [1.29, 1.82) is 0 Å². The van der Waals surface area contributed by atoms with Crippen LogP contribution < -0.4 is 0 Å². The predicted molar refractivity (Wildman–Crippen MR) is 130 cm³/mol. The van der Waals surface area contributed by atoms with Gasteiger partial charge in [-0.25, -0.2) is 0 Å². The van der Waals surface area contributed by atoms with Crippen molar-refractivity contribution < 1.29 is 0 Å². The van der Waals surface area contributed by atoms with Crippen LogP contribution in [0.2, 0.25) is 37.3 Å². The second-order valence-corrected chi connectivity index (χ2v) is 29.4. The average molecular weight is 419 g/mol. The first kappa shape index (κ1) is 21.7. The van der Waals surface area contributed by atoms with Crippen molar-refractivity contribution in [1.82, 2.24) is 0 Å². The molecule has 10 atom stereocenters. The van der Waals surface area contributed by atoms with Crippen LogP contribution in [0.4, 0.5) is 0 Å². The number of hydrogen-bond acceptors (Lipinski definition) is 0. The van der Waals surface area contributed by atoms with E-state index in [1.54, 1.807) is 38.5 Å². The molecule has 28 heavy (non-hydrogen) atoms. The minimum atomic E-state index is -1.29. The average Bonchev–Trinajstić information content (AvgIpc) is 3.24. The Balaban J connectivity index is 1.63. The van der Waals surface area contributed by atoms with Crippen LogP contribution >= 0.6 is 0 Å². The lowest BCUT2D eigenvalue weighted by Gasteiger charge is -2.53. The van der Waals surface area contributed by atoms with E-state index in [1.165, 1.54) is 0 Å². The van der Waals surface area contributed by atoms with E-state index in [1.807, 2.05) is 0 Å². The summed E-state index contributed by atoms with van der Waals surface area (Å²) in [5.41, 5.74) is 2.19. The van der Waals surface area contributed by atoms with Gasteiger partial charge in [0.1, 0.15) is 0 Å². The van der Waals surface area contributed by atoms with Gasteiger partial charge in [0.05, 0.1) is 0 Å². The summed E-state index contributed by atoms with van der Waals surface area (Å²) < 4.78 is 0. The van der Waals surface area contributed by atoms with Gasteiger partial charge in [-0.2, -0.15) is 0 Å². The van der Waals surface area contributed by atoms with E-state index in [4.69, 9.17) is 0 Å². The van der Waals surface area contributed by atoms with Gasteiger partial charge in [-0.05, 0) is 83.6 Å². The van der Waals surface area contributed by atoms with E-state index < -0.39 is 15.2 Å². The molecule has 4 rings (SSSR count). The molecule has 0 aromatic carbocycles. The summed E-state index contributed by atoms with van der Waals surface area (Å²) >= 11 is 0. The minimum absolute atomic E-state index is 0.930. The molecule has 0 aliphatic heterocycles. The van der Waals surface area contributed by atoms with E-state index in [2.05, 4.69) is 60.8 Å². The topological polar surface area (TPSA) is 0 Å². The Morgan fingerprint density at radius 2 is 1.04 bits per heavy atom. The molecule has 0 aromatic heterocycles. The van der Waals surface area contributed by atoms with Gasteiger partial charge < -0.3 is 0 Å². The van der Waals surface area contributed by atoms with E-state index in [-0.39, 0.29) is 0 Å². The maximum absolute atomic E-state index is 2.90. The molecule has 0 radical (unpaired) electrons. The van der Waals surface area contributed by atoms with Gasteiger partial charge >= 0.3 is 0 Å². The van der Waals surface area contributed by atoms with Crippen LogP contribution in [0.25, 0.3) is 0 Å². The van der Waals surface area contributed by atoms with Crippen molar-refractivity contribution in [2.24, 2.45) is 53.3 Å². The Hall–Kier alpha value is 0.434. The van der Waals surface area contributed by atoms with E-state index in [0.717, 1.165) is 64.3 Å². The van der Waals surface area contributed by atoms with Crippen LogP contribution in [0.1, 0.15) is 73.1 Å². The molecule has 0 N–H and O–H groups in total. The molecule has 2 heteroatoms. The molecule has 4 aliphatic carbocycles. The van der Waals surface area contributed by atoms with Crippen molar-refractivity contribution in [2.75, 3.05) is 0 Å². The fraction of sp³-hybridized carbons (Fsp3) is 1.00. The van der Waals surface area contributed by atoms with Crippen molar-refractivity contribution in [2.45, 2.75) is 110 Å². The highest BCUT2D eigenvalue weighted by molar-refractivity contribution is 7.41. The summed E-state index contributed by atoms with van der Waals surface area (Å²) in [6, 6.07) is 0. The van der Waals surface area contributed by atoms with Gasteiger partial charge in [0.25, 0.3) is 0 Å². The number of hydrogen-bond donors (Lipinski definition) is 0. The molecule has 4 aliphatic rings. The summed E-state index contributed by atoms with van der Waals surface area (Å²) in [6.07, 6.45) is 9.52. The number of rotatable bonds is 3. The van der Waals surface area contributed by atoms with Crippen molar-refractivity contribution in [3.8, 4) is 0 Å². The molecule has 0 bridgehead atoms. The Morgan fingerprint density at radius 3 is 1.61 bits per heavy atom.